The SMILES string of the molecule is CC/C=C\CC(O)/C=C/C=C/C/C=C\C/C=C\C/C=C\CCC(=O)OC[C@H](CO)OC(=O)CCCCCCCCCCCCCCCCC(C)CC. The van der Waals surface area contributed by atoms with Crippen molar-refractivity contribution in [3.63, 3.8) is 0 Å². The van der Waals surface area contributed by atoms with Crippen molar-refractivity contribution in [3.8, 4) is 0 Å². The minimum absolute atomic E-state index is 0.119. The minimum atomic E-state index is -0.814. The monoisotopic (exact) mass is 727 g/mol. The van der Waals surface area contributed by atoms with Crippen LogP contribution in [0.2, 0.25) is 0 Å². The van der Waals surface area contributed by atoms with Gasteiger partial charge in [0.05, 0.1) is 12.7 Å². The third kappa shape index (κ3) is 37.1. The molecular weight excluding hydrogens is 648 g/mol. The maximum atomic E-state index is 12.2. The van der Waals surface area contributed by atoms with Crippen LogP contribution in [0.4, 0.5) is 0 Å². The number of esters is 2. The van der Waals surface area contributed by atoms with Gasteiger partial charge in [-0.25, -0.2) is 0 Å². The molecule has 6 nitrogen and oxygen atoms in total. The lowest BCUT2D eigenvalue weighted by Gasteiger charge is -2.15. The van der Waals surface area contributed by atoms with Crippen LogP contribution in [0.15, 0.2) is 72.9 Å². The van der Waals surface area contributed by atoms with Gasteiger partial charge < -0.3 is 19.7 Å². The first kappa shape index (κ1) is 49.3. The van der Waals surface area contributed by atoms with Crippen molar-refractivity contribution in [2.24, 2.45) is 5.92 Å². The number of unbranched alkanes of at least 4 members (excludes halogenated alkanes) is 13. The summed E-state index contributed by atoms with van der Waals surface area (Å²) in [6.45, 7) is 6.25. The Morgan fingerprint density at radius 3 is 1.71 bits per heavy atom. The minimum Gasteiger partial charge on any atom is -0.462 e. The highest BCUT2D eigenvalue weighted by Gasteiger charge is 2.16. The molecule has 0 aliphatic heterocycles. The fraction of sp³-hybridized carbons (Fsp3) is 0.696. The predicted molar refractivity (Wildman–Crippen MR) is 220 cm³/mol. The molecule has 2 N–H and O–H groups in total. The maximum Gasteiger partial charge on any atom is 0.306 e. The molecule has 0 saturated heterocycles. The van der Waals surface area contributed by atoms with Gasteiger partial charge in [0.15, 0.2) is 6.10 Å². The van der Waals surface area contributed by atoms with E-state index >= 15 is 0 Å². The molecule has 0 bridgehead atoms. The van der Waals surface area contributed by atoms with Crippen LogP contribution in [0, 0.1) is 5.92 Å². The fourth-order valence-electron chi connectivity index (χ4n) is 5.58. The summed E-state index contributed by atoms with van der Waals surface area (Å²) in [7, 11) is 0. The first-order valence-corrected chi connectivity index (χ1v) is 21.0. The Hall–Kier alpha value is -2.70. The fourth-order valence-corrected chi connectivity index (χ4v) is 5.58. The summed E-state index contributed by atoms with van der Waals surface area (Å²) in [6, 6.07) is 0. The largest absolute Gasteiger partial charge is 0.462 e. The van der Waals surface area contributed by atoms with Crippen molar-refractivity contribution < 1.29 is 29.3 Å². The molecule has 0 aromatic carbocycles. The van der Waals surface area contributed by atoms with Gasteiger partial charge in [-0.1, -0.05) is 190 Å². The van der Waals surface area contributed by atoms with Gasteiger partial charge in [0.2, 0.25) is 0 Å². The number of aliphatic hydroxyl groups is 2. The van der Waals surface area contributed by atoms with Crippen molar-refractivity contribution >= 4 is 11.9 Å². The molecule has 0 fully saturated rings. The van der Waals surface area contributed by atoms with E-state index in [-0.39, 0.29) is 31.6 Å². The number of hydrogen-bond acceptors (Lipinski definition) is 6. The van der Waals surface area contributed by atoms with Gasteiger partial charge in [-0.05, 0) is 50.9 Å². The van der Waals surface area contributed by atoms with Crippen LogP contribution in [-0.4, -0.2) is 47.6 Å². The molecule has 0 saturated carbocycles. The first-order chi connectivity index (χ1) is 25.4. The van der Waals surface area contributed by atoms with E-state index in [1.165, 1.54) is 83.5 Å². The molecule has 0 rings (SSSR count). The number of carbonyl (C=O) groups is 2. The van der Waals surface area contributed by atoms with E-state index in [4.69, 9.17) is 9.47 Å². The molecule has 298 valence electrons. The molecule has 0 aliphatic rings. The van der Waals surface area contributed by atoms with E-state index in [0.717, 1.165) is 50.9 Å². The second kappa shape index (κ2) is 39.5. The standard InChI is InChI=1S/C46H78O6/c1-4-6-30-36-43(48)37-32-27-23-19-15-11-9-13-16-20-24-28-33-38-45(49)51-41-44(40-47)52-46(50)39-34-29-25-21-17-12-8-7-10-14-18-22-26-31-35-42(3)5-2/h6,11,13,15-16,23-24,27-28,30,32,37,42-44,47-48H,4-5,7-10,12,14,17-22,25-26,29,31,33-36,38-41H2,1-3H3/b15-11-,16-13-,27-23+,28-24-,30-6-,37-32+/t42?,43?,44-/m0/s1. The maximum absolute atomic E-state index is 12.2. The van der Waals surface area contributed by atoms with Gasteiger partial charge in [0, 0.05) is 12.8 Å². The van der Waals surface area contributed by atoms with Crippen molar-refractivity contribution in [3.05, 3.63) is 72.9 Å². The predicted octanol–water partition coefficient (Wildman–Crippen LogP) is 12.2. The Morgan fingerprint density at radius 2 is 1.15 bits per heavy atom. The quantitative estimate of drug-likeness (QED) is 0.0289. The topological polar surface area (TPSA) is 93.1 Å². The Bertz CT molecular complexity index is 991. The smallest absolute Gasteiger partial charge is 0.306 e. The van der Waals surface area contributed by atoms with E-state index < -0.39 is 12.2 Å². The van der Waals surface area contributed by atoms with Gasteiger partial charge >= 0.3 is 11.9 Å². The zero-order valence-corrected chi connectivity index (χ0v) is 33.6. The second-order valence-corrected chi connectivity index (χ2v) is 14.1. The van der Waals surface area contributed by atoms with Crippen LogP contribution < -0.4 is 0 Å². The van der Waals surface area contributed by atoms with Crippen LogP contribution in [0.5, 0.6) is 0 Å². The zero-order chi connectivity index (χ0) is 38.2. The van der Waals surface area contributed by atoms with Crippen molar-refractivity contribution in [2.45, 2.75) is 187 Å². The summed E-state index contributed by atoms with van der Waals surface area (Å²) in [5.41, 5.74) is 0. The van der Waals surface area contributed by atoms with Crippen LogP contribution in [-0.2, 0) is 19.1 Å². The summed E-state index contributed by atoms with van der Waals surface area (Å²) in [5, 5.41) is 19.4. The van der Waals surface area contributed by atoms with Gasteiger partial charge in [0.1, 0.15) is 6.61 Å². The average molecular weight is 727 g/mol. The number of rotatable bonds is 36. The molecule has 3 atom stereocenters. The molecule has 0 spiro atoms. The van der Waals surface area contributed by atoms with Gasteiger partial charge in [0.25, 0.3) is 0 Å². The second-order valence-electron chi connectivity index (χ2n) is 14.1. The normalized spacial score (nSPS) is 14.2. The number of hydrogen-bond donors (Lipinski definition) is 2. The Balaban J connectivity index is 3.72. The van der Waals surface area contributed by atoms with Gasteiger partial charge in [-0.3, -0.25) is 9.59 Å². The lowest BCUT2D eigenvalue weighted by molar-refractivity contribution is -0.161. The summed E-state index contributed by atoms with van der Waals surface area (Å²) < 4.78 is 10.5. The van der Waals surface area contributed by atoms with E-state index in [0.29, 0.717) is 19.3 Å². The molecule has 0 radical (unpaired) electrons. The van der Waals surface area contributed by atoms with E-state index in [2.05, 4.69) is 57.2 Å². The van der Waals surface area contributed by atoms with E-state index in [1.807, 2.05) is 30.4 Å². The van der Waals surface area contributed by atoms with Gasteiger partial charge in [-0.2, -0.15) is 0 Å². The van der Waals surface area contributed by atoms with Crippen LogP contribution in [0.1, 0.15) is 175 Å². The highest BCUT2D eigenvalue weighted by molar-refractivity contribution is 5.70. The van der Waals surface area contributed by atoms with Crippen LogP contribution in [0.25, 0.3) is 0 Å². The van der Waals surface area contributed by atoms with E-state index in [1.54, 1.807) is 6.08 Å². The lowest BCUT2D eigenvalue weighted by atomic mass is 9.99. The molecule has 0 aromatic rings. The lowest BCUT2D eigenvalue weighted by Crippen LogP contribution is -2.28. The third-order valence-corrected chi connectivity index (χ3v) is 9.15. The first-order valence-electron chi connectivity index (χ1n) is 21.0. The Kier molecular flexibility index (Phi) is 37.5. The van der Waals surface area contributed by atoms with Crippen LogP contribution in [0.3, 0.4) is 0 Å². The molecule has 6 heteroatoms. The molecule has 0 heterocycles. The number of ether oxygens (including phenoxy) is 2. The average Bonchev–Trinajstić information content (AvgIpc) is 3.14. The molecule has 0 aromatic heterocycles. The molecule has 0 amide bonds. The van der Waals surface area contributed by atoms with Crippen molar-refractivity contribution in [1.29, 1.82) is 0 Å². The number of allylic oxidation sites excluding steroid dienone is 10. The van der Waals surface area contributed by atoms with Gasteiger partial charge in [-0.15, -0.1) is 0 Å². The summed E-state index contributed by atoms with van der Waals surface area (Å²) in [5.74, 6) is 0.182. The van der Waals surface area contributed by atoms with Crippen molar-refractivity contribution in [2.75, 3.05) is 13.2 Å². The zero-order valence-electron chi connectivity index (χ0n) is 33.6. The Morgan fingerprint density at radius 1 is 0.615 bits per heavy atom. The van der Waals surface area contributed by atoms with Crippen molar-refractivity contribution in [1.82, 2.24) is 0 Å². The molecule has 0 aliphatic carbocycles. The number of carbonyl (C=O) groups excluding carboxylic acids is 2. The highest BCUT2D eigenvalue weighted by Crippen LogP contribution is 2.16. The third-order valence-electron chi connectivity index (χ3n) is 9.15. The molecule has 2 unspecified atom stereocenters. The highest BCUT2D eigenvalue weighted by atomic mass is 16.6. The summed E-state index contributed by atoms with van der Waals surface area (Å²) >= 11 is 0. The van der Waals surface area contributed by atoms with Crippen LogP contribution >= 0.6 is 0 Å². The molecule has 52 heavy (non-hydrogen) atoms. The Labute approximate surface area is 319 Å². The van der Waals surface area contributed by atoms with E-state index in [9.17, 15) is 19.8 Å². The molecular formula is C46H78O6. The number of aliphatic hydroxyl groups excluding tert-OH is 2. The summed E-state index contributed by atoms with van der Waals surface area (Å²) in [4.78, 5) is 24.3. The summed E-state index contributed by atoms with van der Waals surface area (Å²) in [6.07, 6.45) is 48.7.